The van der Waals surface area contributed by atoms with Crippen molar-refractivity contribution in [1.29, 1.82) is 0 Å². The molecule has 4 aromatic heterocycles. The van der Waals surface area contributed by atoms with Crippen LogP contribution in [0.3, 0.4) is 0 Å². The van der Waals surface area contributed by atoms with Crippen molar-refractivity contribution < 1.29 is 13.2 Å². The largest absolute Gasteiger partial charge is 0.435 e. The second kappa shape index (κ2) is 8.25. The molecule has 0 radical (unpaired) electrons. The standard InChI is InChI=1S/C21H18F3N7O/c1-3-31-11-15(20(30-31)21(22,23)24)16-8-14(10-19(32)28-16)13-4-6-26-18(9-13)29-17-5-7-25-12(2)27-17/h4-11H,3H2,1-2H3,(H,28,32)(H,25,26,27,29). The van der Waals surface area contributed by atoms with Gasteiger partial charge in [0.25, 0.3) is 0 Å². The molecule has 4 aromatic rings. The van der Waals surface area contributed by atoms with Crippen LogP contribution in [0.4, 0.5) is 24.8 Å². The lowest BCUT2D eigenvalue weighted by Crippen LogP contribution is -2.11. The van der Waals surface area contributed by atoms with E-state index in [2.05, 4.69) is 30.4 Å². The van der Waals surface area contributed by atoms with E-state index in [1.165, 1.54) is 29.2 Å². The second-order valence-corrected chi connectivity index (χ2v) is 6.94. The molecule has 4 heterocycles. The Kier molecular flexibility index (Phi) is 5.47. The summed E-state index contributed by atoms with van der Waals surface area (Å²) in [5.41, 5.74) is -0.724. The van der Waals surface area contributed by atoms with Crippen molar-refractivity contribution in [3.8, 4) is 22.4 Å². The van der Waals surface area contributed by atoms with Gasteiger partial charge in [-0.05, 0) is 49.2 Å². The third kappa shape index (κ3) is 4.51. The molecule has 0 atom stereocenters. The minimum absolute atomic E-state index is 0.0253. The van der Waals surface area contributed by atoms with Crippen LogP contribution < -0.4 is 10.9 Å². The smallest absolute Gasteiger partial charge is 0.325 e. The zero-order chi connectivity index (χ0) is 22.9. The van der Waals surface area contributed by atoms with Gasteiger partial charge in [0, 0.05) is 36.8 Å². The van der Waals surface area contributed by atoms with E-state index >= 15 is 0 Å². The van der Waals surface area contributed by atoms with Crippen LogP contribution >= 0.6 is 0 Å². The van der Waals surface area contributed by atoms with Gasteiger partial charge in [-0.2, -0.15) is 18.3 Å². The monoisotopic (exact) mass is 441 g/mol. The van der Waals surface area contributed by atoms with Crippen molar-refractivity contribution >= 4 is 11.6 Å². The molecule has 0 aliphatic heterocycles. The van der Waals surface area contributed by atoms with Crippen LogP contribution in [0.2, 0.25) is 0 Å². The molecule has 0 unspecified atom stereocenters. The van der Waals surface area contributed by atoms with Gasteiger partial charge in [-0.1, -0.05) is 0 Å². The Morgan fingerprint density at radius 2 is 1.84 bits per heavy atom. The molecule has 0 amide bonds. The van der Waals surface area contributed by atoms with Gasteiger partial charge in [-0.3, -0.25) is 9.48 Å². The minimum Gasteiger partial charge on any atom is -0.325 e. The number of halogens is 3. The van der Waals surface area contributed by atoms with Crippen LogP contribution in [0.5, 0.6) is 0 Å². The molecule has 4 rings (SSSR count). The van der Waals surface area contributed by atoms with Gasteiger partial charge >= 0.3 is 6.18 Å². The van der Waals surface area contributed by atoms with E-state index in [1.807, 2.05) is 0 Å². The summed E-state index contributed by atoms with van der Waals surface area (Å²) in [5.74, 6) is 1.58. The van der Waals surface area contributed by atoms with Crippen LogP contribution in [0.15, 0.2) is 53.7 Å². The number of rotatable bonds is 5. The summed E-state index contributed by atoms with van der Waals surface area (Å²) in [6, 6.07) is 7.82. The predicted molar refractivity (Wildman–Crippen MR) is 112 cm³/mol. The molecule has 0 fully saturated rings. The van der Waals surface area contributed by atoms with Gasteiger partial charge < -0.3 is 10.3 Å². The highest BCUT2D eigenvalue weighted by Gasteiger charge is 2.37. The summed E-state index contributed by atoms with van der Waals surface area (Å²) >= 11 is 0. The van der Waals surface area contributed by atoms with Crippen LogP contribution in [-0.2, 0) is 12.7 Å². The van der Waals surface area contributed by atoms with Gasteiger partial charge in [0.1, 0.15) is 17.5 Å². The molecular formula is C21H18F3N7O. The van der Waals surface area contributed by atoms with Crippen LogP contribution in [0, 0.1) is 6.92 Å². The fourth-order valence-electron chi connectivity index (χ4n) is 3.18. The summed E-state index contributed by atoms with van der Waals surface area (Å²) < 4.78 is 41.7. The van der Waals surface area contributed by atoms with Gasteiger partial charge in [-0.15, -0.1) is 0 Å². The van der Waals surface area contributed by atoms with Gasteiger partial charge in [0.2, 0.25) is 5.56 Å². The van der Waals surface area contributed by atoms with E-state index in [1.54, 1.807) is 38.2 Å². The molecule has 0 saturated heterocycles. The van der Waals surface area contributed by atoms with Gasteiger partial charge in [-0.25, -0.2) is 15.0 Å². The Morgan fingerprint density at radius 3 is 2.56 bits per heavy atom. The summed E-state index contributed by atoms with van der Waals surface area (Å²) in [6.45, 7) is 3.69. The molecule has 0 aromatic carbocycles. The van der Waals surface area contributed by atoms with E-state index in [-0.39, 0.29) is 17.8 Å². The fourth-order valence-corrected chi connectivity index (χ4v) is 3.18. The lowest BCUT2D eigenvalue weighted by molar-refractivity contribution is -0.141. The maximum absolute atomic E-state index is 13.5. The Hall–Kier alpha value is -4.02. The quantitative estimate of drug-likeness (QED) is 0.482. The summed E-state index contributed by atoms with van der Waals surface area (Å²) in [6.07, 6.45) is -0.254. The Balaban J connectivity index is 1.75. The number of aryl methyl sites for hydroxylation is 2. The Bertz CT molecular complexity index is 1330. The Labute approximate surface area is 180 Å². The van der Waals surface area contributed by atoms with Crippen molar-refractivity contribution in [2.45, 2.75) is 26.6 Å². The predicted octanol–water partition coefficient (Wildman–Crippen LogP) is 4.18. The van der Waals surface area contributed by atoms with Crippen molar-refractivity contribution in [3.63, 3.8) is 0 Å². The molecule has 0 saturated carbocycles. The number of aromatic nitrogens is 6. The molecule has 11 heteroatoms. The number of hydrogen-bond donors (Lipinski definition) is 2. The Morgan fingerprint density at radius 1 is 1.06 bits per heavy atom. The topological polar surface area (TPSA) is 101 Å². The van der Waals surface area contributed by atoms with E-state index in [0.717, 1.165) is 0 Å². The molecule has 2 N–H and O–H groups in total. The number of H-pyrrole nitrogens is 1. The molecule has 8 nitrogen and oxygen atoms in total. The molecule has 0 aliphatic carbocycles. The number of nitrogens with zero attached hydrogens (tertiary/aromatic N) is 5. The first-order chi connectivity index (χ1) is 15.2. The van der Waals surface area contributed by atoms with Crippen molar-refractivity contribution in [2.24, 2.45) is 0 Å². The molecule has 0 aliphatic rings. The van der Waals surface area contributed by atoms with Crippen molar-refractivity contribution in [2.75, 3.05) is 5.32 Å². The number of hydrogen-bond acceptors (Lipinski definition) is 6. The van der Waals surface area contributed by atoms with Crippen molar-refractivity contribution in [3.05, 3.63) is 70.8 Å². The summed E-state index contributed by atoms with van der Waals surface area (Å²) in [5, 5.41) is 6.66. The van der Waals surface area contributed by atoms with Gasteiger partial charge in [0.15, 0.2) is 5.69 Å². The number of pyridine rings is 2. The van der Waals surface area contributed by atoms with Gasteiger partial charge in [0.05, 0.1) is 5.69 Å². The first-order valence-electron chi connectivity index (χ1n) is 9.65. The molecule has 0 spiro atoms. The number of aromatic amines is 1. The van der Waals surface area contributed by atoms with E-state index < -0.39 is 17.4 Å². The van der Waals surface area contributed by atoms with Crippen molar-refractivity contribution in [1.82, 2.24) is 29.7 Å². The molecule has 0 bridgehead atoms. The van der Waals surface area contributed by atoms with Crippen LogP contribution in [-0.4, -0.2) is 29.7 Å². The first kappa shape index (κ1) is 21.2. The lowest BCUT2D eigenvalue weighted by Gasteiger charge is -2.09. The maximum atomic E-state index is 13.5. The average molecular weight is 441 g/mol. The number of alkyl halides is 3. The van der Waals surface area contributed by atoms with Crippen LogP contribution in [0.1, 0.15) is 18.4 Å². The number of nitrogens with one attached hydrogen (secondary N) is 2. The zero-order valence-electron chi connectivity index (χ0n) is 17.1. The van der Waals surface area contributed by atoms with E-state index in [4.69, 9.17) is 0 Å². The SMILES string of the molecule is CCn1cc(-c2cc(-c3ccnc(Nc4ccnc(C)n4)c3)cc(=O)[nH]2)c(C(F)(F)F)n1. The van der Waals surface area contributed by atoms with E-state index in [0.29, 0.717) is 28.6 Å². The highest BCUT2D eigenvalue weighted by molar-refractivity contribution is 5.73. The lowest BCUT2D eigenvalue weighted by atomic mass is 10.0. The van der Waals surface area contributed by atoms with Crippen LogP contribution in [0.25, 0.3) is 22.4 Å². The first-order valence-corrected chi connectivity index (χ1v) is 9.65. The average Bonchev–Trinajstić information content (AvgIpc) is 3.19. The fraction of sp³-hybridized carbons (Fsp3) is 0.190. The zero-order valence-corrected chi connectivity index (χ0v) is 17.1. The molecule has 164 valence electrons. The highest BCUT2D eigenvalue weighted by atomic mass is 19.4. The summed E-state index contributed by atoms with van der Waals surface area (Å²) in [4.78, 5) is 27.3. The summed E-state index contributed by atoms with van der Waals surface area (Å²) in [7, 11) is 0. The molecule has 32 heavy (non-hydrogen) atoms. The van der Waals surface area contributed by atoms with E-state index in [9.17, 15) is 18.0 Å². The number of anilines is 2. The minimum atomic E-state index is -4.66. The highest BCUT2D eigenvalue weighted by Crippen LogP contribution is 2.36. The third-order valence-electron chi connectivity index (χ3n) is 4.61. The maximum Gasteiger partial charge on any atom is 0.435 e. The second-order valence-electron chi connectivity index (χ2n) is 6.94. The normalized spacial score (nSPS) is 11.5. The molecular weight excluding hydrogens is 423 g/mol. The third-order valence-corrected chi connectivity index (χ3v) is 4.61.